The fourth-order valence-corrected chi connectivity index (χ4v) is 2.82. The fourth-order valence-electron chi connectivity index (χ4n) is 2.82. The van der Waals surface area contributed by atoms with E-state index >= 15 is 0 Å². The van der Waals surface area contributed by atoms with Crippen LogP contribution in [0.15, 0.2) is 30.5 Å². The Hall–Kier alpha value is -1.81. The van der Waals surface area contributed by atoms with Gasteiger partial charge in [-0.2, -0.15) is 0 Å². The second-order valence-corrected chi connectivity index (χ2v) is 5.82. The van der Waals surface area contributed by atoms with E-state index < -0.39 is 0 Å². The van der Waals surface area contributed by atoms with E-state index in [1.54, 1.807) is 0 Å². The monoisotopic (exact) mass is 300 g/mol. The maximum atomic E-state index is 6.00. The number of nitrogens with one attached hydrogen (secondary N) is 1. The van der Waals surface area contributed by atoms with Gasteiger partial charge < -0.3 is 16.0 Å². The van der Waals surface area contributed by atoms with Crippen LogP contribution in [0.1, 0.15) is 33.6 Å². The van der Waals surface area contributed by atoms with Gasteiger partial charge in [0.1, 0.15) is 0 Å². The fraction of sp³-hybridized carbons (Fsp3) is 0.500. The zero-order chi connectivity index (χ0) is 15.9. The van der Waals surface area contributed by atoms with E-state index in [2.05, 4.69) is 42.0 Å². The maximum Gasteiger partial charge on any atom is 0.0951 e. The van der Waals surface area contributed by atoms with Gasteiger partial charge in [0.25, 0.3) is 0 Å². The number of pyridine rings is 1. The van der Waals surface area contributed by atoms with Gasteiger partial charge in [0.15, 0.2) is 0 Å². The number of nitrogens with zero attached hydrogens (tertiary/aromatic N) is 2. The molecule has 0 unspecified atom stereocenters. The van der Waals surface area contributed by atoms with Crippen molar-refractivity contribution in [3.05, 3.63) is 30.5 Å². The Kier molecular flexibility index (Phi) is 6.01. The minimum Gasteiger partial charge on any atom is -0.397 e. The average Bonchev–Trinajstić information content (AvgIpc) is 2.53. The number of hydrogen-bond donors (Lipinski definition) is 2. The molecule has 0 spiro atoms. The van der Waals surface area contributed by atoms with Gasteiger partial charge in [-0.3, -0.25) is 4.98 Å². The van der Waals surface area contributed by atoms with Gasteiger partial charge in [-0.1, -0.05) is 26.0 Å². The van der Waals surface area contributed by atoms with Gasteiger partial charge in [0.05, 0.1) is 11.2 Å². The Morgan fingerprint density at radius 3 is 2.73 bits per heavy atom. The Bertz CT molecular complexity index is 593. The summed E-state index contributed by atoms with van der Waals surface area (Å²) in [6.45, 7) is 10.1. The highest BCUT2D eigenvalue weighted by Gasteiger charge is 2.08. The van der Waals surface area contributed by atoms with Gasteiger partial charge in [-0.15, -0.1) is 0 Å². The Balaban J connectivity index is 1.97. The SMILES string of the molecule is CCN(CC)CCC[C@H](C)Nc1ccnc2c(N)cccc12. The molecule has 4 heteroatoms. The number of rotatable bonds is 8. The van der Waals surface area contributed by atoms with Crippen molar-refractivity contribution in [1.82, 2.24) is 9.88 Å². The lowest BCUT2D eigenvalue weighted by molar-refractivity contribution is 0.295. The molecule has 22 heavy (non-hydrogen) atoms. The van der Waals surface area contributed by atoms with Crippen molar-refractivity contribution in [3.8, 4) is 0 Å². The summed E-state index contributed by atoms with van der Waals surface area (Å²) in [5.41, 5.74) is 8.73. The van der Waals surface area contributed by atoms with Crippen LogP contribution in [0.4, 0.5) is 11.4 Å². The molecule has 0 saturated heterocycles. The van der Waals surface area contributed by atoms with E-state index in [0.717, 1.165) is 41.8 Å². The standard InChI is InChI=1S/C18H28N4/c1-4-22(5-2)13-7-8-14(3)21-17-11-12-20-18-15(17)9-6-10-16(18)19/h6,9-12,14H,4-5,7-8,13,19H2,1-3H3,(H,20,21)/t14-/m0/s1. The summed E-state index contributed by atoms with van der Waals surface area (Å²) in [7, 11) is 0. The Morgan fingerprint density at radius 1 is 1.23 bits per heavy atom. The van der Waals surface area contributed by atoms with Crippen molar-refractivity contribution < 1.29 is 0 Å². The predicted octanol–water partition coefficient (Wildman–Crippen LogP) is 3.74. The Labute approximate surface area is 133 Å². The molecular formula is C18H28N4. The number of aromatic nitrogens is 1. The summed E-state index contributed by atoms with van der Waals surface area (Å²) >= 11 is 0. The molecule has 1 aromatic heterocycles. The third-order valence-electron chi connectivity index (χ3n) is 4.21. The number of benzene rings is 1. The first-order valence-corrected chi connectivity index (χ1v) is 8.27. The van der Waals surface area contributed by atoms with Crippen molar-refractivity contribution >= 4 is 22.3 Å². The quantitative estimate of drug-likeness (QED) is 0.729. The maximum absolute atomic E-state index is 6.00. The normalized spacial score (nSPS) is 12.7. The lowest BCUT2D eigenvalue weighted by Crippen LogP contribution is -2.25. The lowest BCUT2D eigenvalue weighted by atomic mass is 10.1. The van der Waals surface area contributed by atoms with Crippen LogP contribution in [0.3, 0.4) is 0 Å². The molecule has 2 rings (SSSR count). The molecule has 0 aliphatic carbocycles. The zero-order valence-corrected chi connectivity index (χ0v) is 14.0. The predicted molar refractivity (Wildman–Crippen MR) is 96.3 cm³/mol. The first-order valence-electron chi connectivity index (χ1n) is 8.27. The van der Waals surface area contributed by atoms with Crippen molar-refractivity contribution in [3.63, 3.8) is 0 Å². The molecule has 2 aromatic rings. The van der Waals surface area contributed by atoms with Crippen LogP contribution in [0, 0.1) is 0 Å². The third-order valence-corrected chi connectivity index (χ3v) is 4.21. The molecule has 0 saturated carbocycles. The Morgan fingerprint density at radius 2 is 2.00 bits per heavy atom. The molecule has 4 nitrogen and oxygen atoms in total. The van der Waals surface area contributed by atoms with Crippen molar-refractivity contribution in [2.75, 3.05) is 30.7 Å². The number of nitrogens with two attached hydrogens (primary N) is 1. The average molecular weight is 300 g/mol. The minimum absolute atomic E-state index is 0.433. The van der Waals surface area contributed by atoms with E-state index in [4.69, 9.17) is 5.73 Å². The summed E-state index contributed by atoms with van der Waals surface area (Å²) in [5, 5.41) is 4.70. The summed E-state index contributed by atoms with van der Waals surface area (Å²) in [6, 6.07) is 8.41. The highest BCUT2D eigenvalue weighted by molar-refractivity contribution is 5.97. The van der Waals surface area contributed by atoms with E-state index in [0.29, 0.717) is 6.04 Å². The number of anilines is 2. The van der Waals surface area contributed by atoms with Crippen LogP contribution in [0.2, 0.25) is 0 Å². The summed E-state index contributed by atoms with van der Waals surface area (Å²) in [5.74, 6) is 0. The number of hydrogen-bond acceptors (Lipinski definition) is 4. The van der Waals surface area contributed by atoms with Gasteiger partial charge in [0, 0.05) is 23.3 Å². The highest BCUT2D eigenvalue weighted by Crippen LogP contribution is 2.26. The highest BCUT2D eigenvalue weighted by atomic mass is 15.1. The van der Waals surface area contributed by atoms with Gasteiger partial charge in [0.2, 0.25) is 0 Å². The zero-order valence-electron chi connectivity index (χ0n) is 14.0. The molecule has 0 aliphatic heterocycles. The van der Waals surface area contributed by atoms with Crippen molar-refractivity contribution in [1.29, 1.82) is 0 Å². The molecule has 0 amide bonds. The van der Waals surface area contributed by atoms with E-state index in [1.165, 1.54) is 13.0 Å². The number of nitrogen functional groups attached to an aromatic ring is 1. The molecule has 0 radical (unpaired) electrons. The van der Waals surface area contributed by atoms with Crippen LogP contribution < -0.4 is 11.1 Å². The van der Waals surface area contributed by atoms with E-state index in [9.17, 15) is 0 Å². The topological polar surface area (TPSA) is 54.2 Å². The first-order chi connectivity index (χ1) is 10.7. The van der Waals surface area contributed by atoms with Crippen LogP contribution in [-0.2, 0) is 0 Å². The summed E-state index contributed by atoms with van der Waals surface area (Å²) < 4.78 is 0. The van der Waals surface area contributed by atoms with Crippen LogP contribution in [0.25, 0.3) is 10.9 Å². The van der Waals surface area contributed by atoms with E-state index in [1.807, 2.05) is 24.4 Å². The van der Waals surface area contributed by atoms with Gasteiger partial charge in [-0.05, 0) is 51.5 Å². The van der Waals surface area contributed by atoms with Crippen LogP contribution in [0.5, 0.6) is 0 Å². The largest absolute Gasteiger partial charge is 0.397 e. The molecular weight excluding hydrogens is 272 g/mol. The van der Waals surface area contributed by atoms with Gasteiger partial charge >= 0.3 is 0 Å². The van der Waals surface area contributed by atoms with Crippen LogP contribution >= 0.6 is 0 Å². The molecule has 1 aromatic carbocycles. The van der Waals surface area contributed by atoms with Gasteiger partial charge in [-0.25, -0.2) is 0 Å². The first kappa shape index (κ1) is 16.6. The molecule has 0 bridgehead atoms. The van der Waals surface area contributed by atoms with Crippen LogP contribution in [-0.4, -0.2) is 35.6 Å². The van der Waals surface area contributed by atoms with E-state index in [-0.39, 0.29) is 0 Å². The molecule has 0 aliphatic rings. The third kappa shape index (κ3) is 4.10. The lowest BCUT2D eigenvalue weighted by Gasteiger charge is -2.21. The smallest absolute Gasteiger partial charge is 0.0951 e. The number of para-hydroxylation sites is 1. The minimum atomic E-state index is 0.433. The second kappa shape index (κ2) is 7.99. The van der Waals surface area contributed by atoms with Crippen molar-refractivity contribution in [2.45, 2.75) is 39.7 Å². The molecule has 120 valence electrons. The summed E-state index contributed by atoms with van der Waals surface area (Å²) in [4.78, 5) is 6.85. The molecule has 0 fully saturated rings. The number of fused-ring (bicyclic) bond motifs is 1. The summed E-state index contributed by atoms with van der Waals surface area (Å²) in [6.07, 6.45) is 4.19. The van der Waals surface area contributed by atoms with Crippen molar-refractivity contribution in [2.24, 2.45) is 0 Å². The molecule has 1 atom stereocenters. The molecule has 1 heterocycles. The molecule has 3 N–H and O–H groups in total. The second-order valence-electron chi connectivity index (χ2n) is 5.82.